The quantitative estimate of drug-likeness (QED) is 0.673. The predicted molar refractivity (Wildman–Crippen MR) is 68.3 cm³/mol. The van der Waals surface area contributed by atoms with E-state index < -0.39 is 5.60 Å². The van der Waals surface area contributed by atoms with E-state index in [9.17, 15) is 9.59 Å². The van der Waals surface area contributed by atoms with Crippen LogP contribution in [0, 0.1) is 0 Å². The third-order valence-corrected chi connectivity index (χ3v) is 3.51. The molecule has 0 spiro atoms. The highest BCUT2D eigenvalue weighted by Gasteiger charge is 2.41. The molecule has 0 aromatic carbocycles. The minimum absolute atomic E-state index is 0.0788. The van der Waals surface area contributed by atoms with Crippen molar-refractivity contribution in [2.24, 2.45) is 0 Å². The van der Waals surface area contributed by atoms with Gasteiger partial charge in [-0.1, -0.05) is 6.08 Å². The first-order valence-electron chi connectivity index (χ1n) is 6.59. The molecule has 2 atom stereocenters. The Balaban J connectivity index is 2.19. The normalized spacial score (nSPS) is 27.5. The molecule has 2 aliphatic rings. The van der Waals surface area contributed by atoms with Crippen LogP contribution in [0.15, 0.2) is 11.6 Å². The molecule has 4 nitrogen and oxygen atoms in total. The maximum absolute atomic E-state index is 12.2. The molecule has 18 heavy (non-hydrogen) atoms. The maximum atomic E-state index is 12.2. The number of allylic oxidation sites excluding steroid dienone is 1. The Morgan fingerprint density at radius 2 is 2.11 bits per heavy atom. The number of ether oxygens (including phenoxy) is 1. The third-order valence-electron chi connectivity index (χ3n) is 3.51. The largest absolute Gasteiger partial charge is 0.444 e. The van der Waals surface area contributed by atoms with Crippen molar-refractivity contribution >= 4 is 12.4 Å². The lowest BCUT2D eigenvalue weighted by molar-refractivity contribution is -0.105. The Kier molecular flexibility index (Phi) is 3.46. The Bertz CT molecular complexity index is 381. The fraction of sp³-hybridized carbons (Fsp3) is 0.714. The van der Waals surface area contributed by atoms with E-state index in [2.05, 4.69) is 0 Å². The van der Waals surface area contributed by atoms with Crippen molar-refractivity contribution in [1.82, 2.24) is 4.90 Å². The van der Waals surface area contributed by atoms with E-state index in [1.807, 2.05) is 26.8 Å². The predicted octanol–water partition coefficient (Wildman–Crippen LogP) is 2.67. The van der Waals surface area contributed by atoms with Crippen LogP contribution in [0.1, 0.15) is 46.5 Å². The minimum atomic E-state index is -0.492. The monoisotopic (exact) mass is 251 g/mol. The Morgan fingerprint density at radius 1 is 1.39 bits per heavy atom. The van der Waals surface area contributed by atoms with Gasteiger partial charge in [0.05, 0.1) is 6.04 Å². The molecule has 2 heterocycles. The molecular formula is C14H21NO3. The van der Waals surface area contributed by atoms with Crippen LogP contribution in [0.5, 0.6) is 0 Å². The molecule has 0 aliphatic carbocycles. The highest BCUT2D eigenvalue weighted by molar-refractivity contribution is 5.79. The van der Waals surface area contributed by atoms with Gasteiger partial charge in [-0.15, -0.1) is 0 Å². The molecule has 100 valence electrons. The van der Waals surface area contributed by atoms with Crippen LogP contribution < -0.4 is 0 Å². The summed E-state index contributed by atoms with van der Waals surface area (Å²) < 4.78 is 5.45. The van der Waals surface area contributed by atoms with Crippen molar-refractivity contribution in [1.29, 1.82) is 0 Å². The molecule has 2 aliphatic heterocycles. The lowest BCUT2D eigenvalue weighted by Gasteiger charge is -2.31. The standard InChI is InChI=1S/C14H21NO3/c1-14(2,3)18-13(17)15-11-6-4-5-10(9-16)12(15)8-7-11/h5,9,11-12H,4,6-8H2,1-3H3/t11?,12-/m1/s1. The Morgan fingerprint density at radius 3 is 2.72 bits per heavy atom. The Labute approximate surface area is 108 Å². The van der Waals surface area contributed by atoms with Gasteiger partial charge in [0.25, 0.3) is 0 Å². The highest BCUT2D eigenvalue weighted by Crippen LogP contribution is 2.35. The summed E-state index contributed by atoms with van der Waals surface area (Å²) in [7, 11) is 0. The summed E-state index contributed by atoms with van der Waals surface area (Å²) in [5, 5.41) is 0. The van der Waals surface area contributed by atoms with Crippen LogP contribution in [0.25, 0.3) is 0 Å². The van der Waals surface area contributed by atoms with Gasteiger partial charge in [0, 0.05) is 11.6 Å². The number of hydrogen-bond acceptors (Lipinski definition) is 3. The van der Waals surface area contributed by atoms with Crippen molar-refractivity contribution < 1.29 is 14.3 Å². The molecule has 0 radical (unpaired) electrons. The molecular weight excluding hydrogens is 230 g/mol. The second kappa shape index (κ2) is 4.75. The summed E-state index contributed by atoms with van der Waals surface area (Å²) in [6.07, 6.45) is 6.19. The van der Waals surface area contributed by atoms with Crippen molar-refractivity contribution in [3.63, 3.8) is 0 Å². The SMILES string of the molecule is CC(C)(C)OC(=O)N1C2CCC=C(C=O)[C@H]1CC2. The average molecular weight is 251 g/mol. The number of nitrogens with zero attached hydrogens (tertiary/aromatic N) is 1. The summed E-state index contributed by atoms with van der Waals surface area (Å²) in [6.45, 7) is 5.59. The van der Waals surface area contributed by atoms with Crippen LogP contribution in [0.3, 0.4) is 0 Å². The molecule has 0 N–H and O–H groups in total. The van der Waals surface area contributed by atoms with Crippen molar-refractivity contribution in [2.45, 2.75) is 64.1 Å². The van der Waals surface area contributed by atoms with Crippen LogP contribution in [0.2, 0.25) is 0 Å². The van der Waals surface area contributed by atoms with Gasteiger partial charge in [0.1, 0.15) is 11.9 Å². The fourth-order valence-corrected chi connectivity index (χ4v) is 2.79. The van der Waals surface area contributed by atoms with Crippen LogP contribution in [0.4, 0.5) is 4.79 Å². The van der Waals surface area contributed by atoms with E-state index in [0.717, 1.165) is 37.5 Å². The molecule has 1 saturated heterocycles. The minimum Gasteiger partial charge on any atom is -0.444 e. The maximum Gasteiger partial charge on any atom is 0.411 e. The smallest absolute Gasteiger partial charge is 0.411 e. The van der Waals surface area contributed by atoms with E-state index >= 15 is 0 Å². The molecule has 1 fully saturated rings. The fourth-order valence-electron chi connectivity index (χ4n) is 2.79. The molecule has 4 heteroatoms. The summed E-state index contributed by atoms with van der Waals surface area (Å²) in [6, 6.07) is 0.142. The average Bonchev–Trinajstić information content (AvgIpc) is 2.53. The zero-order valence-corrected chi connectivity index (χ0v) is 11.3. The molecule has 0 aromatic heterocycles. The van der Waals surface area contributed by atoms with Gasteiger partial charge >= 0.3 is 6.09 Å². The van der Waals surface area contributed by atoms with Crippen LogP contribution in [-0.2, 0) is 9.53 Å². The number of carbonyl (C=O) groups is 2. The summed E-state index contributed by atoms with van der Waals surface area (Å²) in [4.78, 5) is 25.1. The number of fused-ring (bicyclic) bond motifs is 2. The van der Waals surface area contributed by atoms with Gasteiger partial charge in [0.2, 0.25) is 0 Å². The summed E-state index contributed by atoms with van der Waals surface area (Å²) in [5.74, 6) is 0. The van der Waals surface area contributed by atoms with E-state index in [-0.39, 0.29) is 18.2 Å². The second-order valence-electron chi connectivity index (χ2n) is 6.03. The zero-order valence-electron chi connectivity index (χ0n) is 11.3. The van der Waals surface area contributed by atoms with Gasteiger partial charge in [-0.3, -0.25) is 9.69 Å². The molecule has 1 amide bonds. The van der Waals surface area contributed by atoms with E-state index in [4.69, 9.17) is 4.74 Å². The molecule has 2 bridgehead atoms. The summed E-state index contributed by atoms with van der Waals surface area (Å²) >= 11 is 0. The van der Waals surface area contributed by atoms with E-state index in [0.29, 0.717) is 0 Å². The van der Waals surface area contributed by atoms with Crippen molar-refractivity contribution in [3.05, 3.63) is 11.6 Å². The number of aldehydes is 1. The third kappa shape index (κ3) is 2.57. The highest BCUT2D eigenvalue weighted by atomic mass is 16.6. The molecule has 0 aromatic rings. The molecule has 1 unspecified atom stereocenters. The number of rotatable bonds is 1. The second-order valence-corrected chi connectivity index (χ2v) is 6.03. The molecule has 0 saturated carbocycles. The van der Waals surface area contributed by atoms with Gasteiger partial charge < -0.3 is 4.74 Å². The van der Waals surface area contributed by atoms with Gasteiger partial charge in [-0.05, 0) is 46.5 Å². The van der Waals surface area contributed by atoms with Gasteiger partial charge in [-0.25, -0.2) is 4.79 Å². The first kappa shape index (κ1) is 13.1. The topological polar surface area (TPSA) is 46.6 Å². The number of hydrogen-bond donors (Lipinski definition) is 0. The molecule has 2 rings (SSSR count). The van der Waals surface area contributed by atoms with E-state index in [1.165, 1.54) is 0 Å². The van der Waals surface area contributed by atoms with Crippen molar-refractivity contribution in [2.75, 3.05) is 0 Å². The van der Waals surface area contributed by atoms with Crippen molar-refractivity contribution in [3.8, 4) is 0 Å². The lowest BCUT2D eigenvalue weighted by atomic mass is 10.0. The van der Waals surface area contributed by atoms with Gasteiger partial charge in [-0.2, -0.15) is 0 Å². The van der Waals surface area contributed by atoms with Gasteiger partial charge in [0.15, 0.2) is 0 Å². The Hall–Kier alpha value is -1.32. The number of amides is 1. The van der Waals surface area contributed by atoms with Crippen LogP contribution in [-0.4, -0.2) is 35.0 Å². The van der Waals surface area contributed by atoms with Crippen LogP contribution >= 0.6 is 0 Å². The van der Waals surface area contributed by atoms with E-state index in [1.54, 1.807) is 4.90 Å². The number of carbonyl (C=O) groups excluding carboxylic acids is 2. The summed E-state index contributed by atoms with van der Waals surface area (Å²) in [5.41, 5.74) is 0.245. The lowest BCUT2D eigenvalue weighted by Crippen LogP contribution is -2.44. The zero-order chi connectivity index (χ0) is 13.3. The first-order valence-corrected chi connectivity index (χ1v) is 6.59. The first-order chi connectivity index (χ1) is 8.42.